The summed E-state index contributed by atoms with van der Waals surface area (Å²) < 4.78 is 1.72. The zero-order valence-corrected chi connectivity index (χ0v) is 19.5. The van der Waals surface area contributed by atoms with E-state index in [9.17, 15) is 14.4 Å². The minimum absolute atomic E-state index is 0.315. The maximum absolute atomic E-state index is 13.6. The van der Waals surface area contributed by atoms with Crippen LogP contribution in [0.3, 0.4) is 0 Å². The monoisotopic (exact) mass is 524 g/mol. The summed E-state index contributed by atoms with van der Waals surface area (Å²) in [5.41, 5.74) is 1.68. The Morgan fingerprint density at radius 1 is 1.00 bits per heavy atom. The van der Waals surface area contributed by atoms with Crippen LogP contribution in [-0.2, 0) is 9.59 Å². The first-order valence-electron chi connectivity index (χ1n) is 9.72. The van der Waals surface area contributed by atoms with Crippen molar-refractivity contribution >= 4 is 71.7 Å². The molecule has 1 fully saturated rings. The summed E-state index contributed by atoms with van der Waals surface area (Å²) in [5.74, 6) is -2.64. The van der Waals surface area contributed by atoms with Crippen molar-refractivity contribution < 1.29 is 14.4 Å². The van der Waals surface area contributed by atoms with Crippen LogP contribution in [0.1, 0.15) is 21.8 Å². The van der Waals surface area contributed by atoms with Gasteiger partial charge in [-0.05, 0) is 35.9 Å². The van der Waals surface area contributed by atoms with E-state index in [2.05, 4.69) is 20.9 Å². The van der Waals surface area contributed by atoms with Gasteiger partial charge >= 0.3 is 0 Å². The van der Waals surface area contributed by atoms with Crippen molar-refractivity contribution in [3.63, 3.8) is 0 Å². The lowest BCUT2D eigenvalue weighted by molar-refractivity contribution is -0.134. The molecule has 1 aliphatic rings. The van der Waals surface area contributed by atoms with Crippen molar-refractivity contribution in [1.29, 1.82) is 0 Å². The van der Waals surface area contributed by atoms with Gasteiger partial charge in [0, 0.05) is 15.1 Å². The number of benzene rings is 3. The van der Waals surface area contributed by atoms with Crippen LogP contribution in [0.2, 0.25) is 5.02 Å². The lowest BCUT2D eigenvalue weighted by Crippen LogP contribution is -2.41. The van der Waals surface area contributed by atoms with E-state index in [1.54, 1.807) is 48.5 Å². The van der Waals surface area contributed by atoms with Crippen LogP contribution in [0, 0.1) is 0 Å². The summed E-state index contributed by atoms with van der Waals surface area (Å²) in [6.45, 7) is 0. The van der Waals surface area contributed by atoms with Gasteiger partial charge in [0.2, 0.25) is 5.78 Å². The van der Waals surface area contributed by atoms with Crippen molar-refractivity contribution in [3.8, 4) is 0 Å². The second kappa shape index (κ2) is 8.24. The Balaban J connectivity index is 1.67. The lowest BCUT2D eigenvalue weighted by Gasteiger charge is -2.24. The third-order valence-electron chi connectivity index (χ3n) is 5.41. The number of carbonyl (C=O) groups excluding carboxylic acids is 3. The van der Waals surface area contributed by atoms with Gasteiger partial charge < -0.3 is 0 Å². The molecule has 5 rings (SSSR count). The number of aromatic nitrogens is 1. The number of anilines is 1. The zero-order chi connectivity index (χ0) is 22.4. The molecule has 2 heterocycles. The van der Waals surface area contributed by atoms with Crippen LogP contribution in [0.15, 0.2) is 77.3 Å². The summed E-state index contributed by atoms with van der Waals surface area (Å²) in [6, 6.07) is 19.9. The van der Waals surface area contributed by atoms with Crippen molar-refractivity contribution in [3.05, 3.63) is 93.4 Å². The van der Waals surface area contributed by atoms with E-state index in [-0.39, 0.29) is 5.78 Å². The Hall–Kier alpha value is -2.87. The summed E-state index contributed by atoms with van der Waals surface area (Å²) in [7, 11) is 0. The number of nitrogens with zero attached hydrogens (tertiary/aromatic N) is 2. The third kappa shape index (κ3) is 3.56. The van der Waals surface area contributed by atoms with Crippen molar-refractivity contribution in [1.82, 2.24) is 4.98 Å². The quantitative estimate of drug-likeness (QED) is 0.255. The molecule has 0 spiro atoms. The first-order chi connectivity index (χ1) is 15.4. The highest BCUT2D eigenvalue weighted by Gasteiger charge is 2.53. The average molecular weight is 526 g/mol. The van der Waals surface area contributed by atoms with Gasteiger partial charge in [0.15, 0.2) is 10.9 Å². The lowest BCUT2D eigenvalue weighted by atomic mass is 9.86. The Bertz CT molecular complexity index is 1370. The van der Waals surface area contributed by atoms with Gasteiger partial charge in [-0.15, -0.1) is 0 Å². The molecule has 2 atom stereocenters. The number of carbonyl (C=O) groups is 3. The molecule has 8 heteroatoms. The molecule has 5 nitrogen and oxygen atoms in total. The first-order valence-corrected chi connectivity index (χ1v) is 11.7. The number of thiazole rings is 1. The van der Waals surface area contributed by atoms with Crippen LogP contribution >= 0.6 is 38.9 Å². The average Bonchev–Trinajstić information content (AvgIpc) is 3.32. The molecule has 1 saturated heterocycles. The highest BCUT2D eigenvalue weighted by molar-refractivity contribution is 9.10. The fraction of sp³-hybridized carbons (Fsp3) is 0.0833. The summed E-state index contributed by atoms with van der Waals surface area (Å²) in [6.07, 6.45) is 0. The predicted octanol–water partition coefficient (Wildman–Crippen LogP) is 5.66. The molecular weight excluding hydrogens is 512 g/mol. The van der Waals surface area contributed by atoms with Gasteiger partial charge in [0.1, 0.15) is 6.04 Å². The fourth-order valence-corrected chi connectivity index (χ4v) is 5.59. The number of hydrogen-bond donors (Lipinski definition) is 0. The normalized spacial score (nSPS) is 18.5. The van der Waals surface area contributed by atoms with E-state index in [0.29, 0.717) is 26.8 Å². The molecule has 0 aliphatic carbocycles. The minimum atomic E-state index is -1.04. The number of Topliss-reactive ketones (excluding diaryl/α,β-unsaturated/α-hetero) is 2. The van der Waals surface area contributed by atoms with E-state index >= 15 is 0 Å². The van der Waals surface area contributed by atoms with Crippen LogP contribution in [0.5, 0.6) is 0 Å². The van der Waals surface area contributed by atoms with Crippen LogP contribution < -0.4 is 4.90 Å². The standard InChI is InChI=1S/C24H14BrClN2O3S/c25-15-8-11-17-18(12-15)32-24(27-17)28-20(21(29)14-4-2-1-3-5-14)19(22(30)23(28)31)13-6-9-16(26)10-7-13/h1-12,19-20H/t19-,20-/m0/s1. The fourth-order valence-electron chi connectivity index (χ4n) is 3.91. The second-order valence-corrected chi connectivity index (χ2v) is 9.71. The molecule has 4 aromatic rings. The highest BCUT2D eigenvalue weighted by Crippen LogP contribution is 2.40. The van der Waals surface area contributed by atoms with Crippen molar-refractivity contribution in [2.45, 2.75) is 12.0 Å². The molecule has 0 bridgehead atoms. The number of amides is 1. The van der Waals surface area contributed by atoms with E-state index in [1.807, 2.05) is 24.3 Å². The van der Waals surface area contributed by atoms with E-state index in [4.69, 9.17) is 11.6 Å². The molecule has 1 aromatic heterocycles. The van der Waals surface area contributed by atoms with E-state index in [1.165, 1.54) is 16.2 Å². The number of fused-ring (bicyclic) bond motifs is 1. The SMILES string of the molecule is O=C(c1ccccc1)[C@@H]1[C@H](c2ccc(Cl)cc2)C(=O)C(=O)N1c1nc2ccc(Br)cc2s1. The Labute approximate surface area is 200 Å². The number of ketones is 2. The van der Waals surface area contributed by atoms with Gasteiger partial charge in [0.25, 0.3) is 5.91 Å². The highest BCUT2D eigenvalue weighted by atomic mass is 79.9. The topological polar surface area (TPSA) is 67.3 Å². The van der Waals surface area contributed by atoms with Gasteiger partial charge in [-0.3, -0.25) is 19.3 Å². The number of hydrogen-bond acceptors (Lipinski definition) is 5. The molecule has 0 saturated carbocycles. The van der Waals surface area contributed by atoms with Crippen molar-refractivity contribution in [2.24, 2.45) is 0 Å². The van der Waals surface area contributed by atoms with Gasteiger partial charge in [-0.25, -0.2) is 4.98 Å². The molecule has 0 N–H and O–H groups in total. The van der Waals surface area contributed by atoms with E-state index in [0.717, 1.165) is 9.17 Å². The molecular formula is C24H14BrClN2O3S. The summed E-state index contributed by atoms with van der Waals surface area (Å²) >= 11 is 10.7. The molecule has 158 valence electrons. The van der Waals surface area contributed by atoms with Gasteiger partial charge in [0.05, 0.1) is 16.1 Å². The Morgan fingerprint density at radius 2 is 1.72 bits per heavy atom. The smallest absolute Gasteiger partial charge is 0.292 e. The number of rotatable bonds is 4. The van der Waals surface area contributed by atoms with Crippen LogP contribution in [0.25, 0.3) is 10.2 Å². The summed E-state index contributed by atoms with van der Waals surface area (Å²) in [5, 5.41) is 0.826. The molecule has 3 aromatic carbocycles. The van der Waals surface area contributed by atoms with Gasteiger partial charge in [-0.1, -0.05) is 81.3 Å². The molecule has 0 unspecified atom stereocenters. The Morgan fingerprint density at radius 3 is 2.44 bits per heavy atom. The minimum Gasteiger partial charge on any atom is -0.292 e. The van der Waals surface area contributed by atoms with E-state index < -0.39 is 23.7 Å². The van der Waals surface area contributed by atoms with Crippen molar-refractivity contribution in [2.75, 3.05) is 4.90 Å². The third-order valence-corrected chi connectivity index (χ3v) is 7.17. The molecule has 1 aliphatic heterocycles. The molecule has 0 radical (unpaired) electrons. The van der Waals surface area contributed by atoms with Gasteiger partial charge in [-0.2, -0.15) is 0 Å². The molecule has 1 amide bonds. The number of halogens is 2. The Kier molecular flexibility index (Phi) is 5.41. The van der Waals surface area contributed by atoms with Crippen LogP contribution in [0.4, 0.5) is 5.13 Å². The molecule has 32 heavy (non-hydrogen) atoms. The second-order valence-electron chi connectivity index (χ2n) is 7.35. The maximum Gasteiger partial charge on any atom is 0.297 e. The zero-order valence-electron chi connectivity index (χ0n) is 16.4. The maximum atomic E-state index is 13.6. The predicted molar refractivity (Wildman–Crippen MR) is 129 cm³/mol. The largest absolute Gasteiger partial charge is 0.297 e. The van der Waals surface area contributed by atoms with Crippen LogP contribution in [-0.4, -0.2) is 28.5 Å². The first kappa shape index (κ1) is 21.0. The summed E-state index contributed by atoms with van der Waals surface area (Å²) in [4.78, 5) is 45.8.